The molecule has 1 heterocycles. The van der Waals surface area contributed by atoms with E-state index >= 15 is 0 Å². The van der Waals surface area contributed by atoms with Crippen molar-refractivity contribution in [1.29, 1.82) is 0 Å². The SMILES string of the molecule is CC(C)Oc1ccccc1CNC(=O)CCCc1nc(-c2ccc(Cl)cc2)no1. The first kappa shape index (κ1) is 20.9. The van der Waals surface area contributed by atoms with Crippen molar-refractivity contribution in [1.82, 2.24) is 15.5 Å². The van der Waals surface area contributed by atoms with E-state index in [4.69, 9.17) is 20.9 Å². The number of amides is 1. The highest BCUT2D eigenvalue weighted by atomic mass is 35.5. The number of benzene rings is 2. The van der Waals surface area contributed by atoms with Crippen molar-refractivity contribution in [3.63, 3.8) is 0 Å². The molecule has 1 aromatic heterocycles. The topological polar surface area (TPSA) is 77.2 Å². The third-order valence-corrected chi connectivity index (χ3v) is 4.43. The van der Waals surface area contributed by atoms with Crippen molar-refractivity contribution in [3.05, 3.63) is 65.0 Å². The monoisotopic (exact) mass is 413 g/mol. The Labute approximate surface area is 175 Å². The molecule has 0 fully saturated rings. The van der Waals surface area contributed by atoms with E-state index < -0.39 is 0 Å². The highest BCUT2D eigenvalue weighted by Crippen LogP contribution is 2.20. The Morgan fingerprint density at radius 2 is 1.93 bits per heavy atom. The van der Waals surface area contributed by atoms with Gasteiger partial charge in [-0.3, -0.25) is 4.79 Å². The molecule has 152 valence electrons. The van der Waals surface area contributed by atoms with Gasteiger partial charge in [0.25, 0.3) is 0 Å². The van der Waals surface area contributed by atoms with Crippen LogP contribution in [0.3, 0.4) is 0 Å². The molecule has 2 aromatic carbocycles. The number of para-hydroxylation sites is 1. The zero-order chi connectivity index (χ0) is 20.6. The summed E-state index contributed by atoms with van der Waals surface area (Å²) in [7, 11) is 0. The second kappa shape index (κ2) is 10.1. The summed E-state index contributed by atoms with van der Waals surface area (Å²) in [6, 6.07) is 15.0. The number of aryl methyl sites for hydroxylation is 1. The van der Waals surface area contributed by atoms with Crippen LogP contribution in [0.2, 0.25) is 5.02 Å². The number of halogens is 1. The van der Waals surface area contributed by atoms with Crippen LogP contribution in [0.4, 0.5) is 0 Å². The van der Waals surface area contributed by atoms with Gasteiger partial charge in [-0.15, -0.1) is 0 Å². The molecule has 0 atom stereocenters. The summed E-state index contributed by atoms with van der Waals surface area (Å²) >= 11 is 5.89. The molecule has 0 saturated heterocycles. The first-order valence-corrected chi connectivity index (χ1v) is 9.99. The van der Waals surface area contributed by atoms with E-state index in [2.05, 4.69) is 15.5 Å². The minimum absolute atomic E-state index is 0.0261. The fourth-order valence-corrected chi connectivity index (χ4v) is 2.90. The standard InChI is InChI=1S/C22H24ClN3O3/c1-15(2)28-19-7-4-3-6-17(19)14-24-20(27)8-5-9-21-25-22(26-29-21)16-10-12-18(23)13-11-16/h3-4,6-7,10-13,15H,5,8-9,14H2,1-2H3,(H,24,27). The molecule has 0 saturated carbocycles. The zero-order valence-corrected chi connectivity index (χ0v) is 17.3. The van der Waals surface area contributed by atoms with E-state index in [1.54, 1.807) is 12.1 Å². The molecule has 0 aliphatic rings. The smallest absolute Gasteiger partial charge is 0.226 e. The molecule has 0 spiro atoms. The third-order valence-electron chi connectivity index (χ3n) is 4.18. The first-order valence-electron chi connectivity index (χ1n) is 9.61. The van der Waals surface area contributed by atoms with Crippen molar-refractivity contribution in [2.75, 3.05) is 0 Å². The van der Waals surface area contributed by atoms with Gasteiger partial charge >= 0.3 is 0 Å². The number of carbonyl (C=O) groups excluding carboxylic acids is 1. The largest absolute Gasteiger partial charge is 0.491 e. The second-order valence-electron chi connectivity index (χ2n) is 6.92. The van der Waals surface area contributed by atoms with E-state index in [0.29, 0.717) is 42.5 Å². The lowest BCUT2D eigenvalue weighted by Crippen LogP contribution is -2.23. The van der Waals surface area contributed by atoms with Gasteiger partial charge in [0.15, 0.2) is 0 Å². The molecule has 29 heavy (non-hydrogen) atoms. The molecule has 6 nitrogen and oxygen atoms in total. The lowest BCUT2D eigenvalue weighted by atomic mass is 10.2. The van der Waals surface area contributed by atoms with Crippen LogP contribution in [0.15, 0.2) is 53.1 Å². The Morgan fingerprint density at radius 3 is 2.69 bits per heavy atom. The van der Waals surface area contributed by atoms with E-state index in [-0.39, 0.29) is 12.0 Å². The minimum Gasteiger partial charge on any atom is -0.491 e. The van der Waals surface area contributed by atoms with Crippen LogP contribution in [-0.4, -0.2) is 22.2 Å². The van der Waals surface area contributed by atoms with Crippen LogP contribution in [-0.2, 0) is 17.8 Å². The van der Waals surface area contributed by atoms with Gasteiger partial charge in [-0.25, -0.2) is 0 Å². The van der Waals surface area contributed by atoms with Gasteiger partial charge in [0, 0.05) is 35.5 Å². The molecule has 3 aromatic rings. The van der Waals surface area contributed by atoms with Crippen molar-refractivity contribution in [2.45, 2.75) is 45.8 Å². The fourth-order valence-electron chi connectivity index (χ4n) is 2.77. The minimum atomic E-state index is -0.0261. The second-order valence-corrected chi connectivity index (χ2v) is 7.36. The number of rotatable bonds is 9. The van der Waals surface area contributed by atoms with Crippen molar-refractivity contribution in [3.8, 4) is 17.1 Å². The van der Waals surface area contributed by atoms with Gasteiger partial charge in [-0.1, -0.05) is 35.0 Å². The van der Waals surface area contributed by atoms with E-state index in [9.17, 15) is 4.79 Å². The average molecular weight is 414 g/mol. The van der Waals surface area contributed by atoms with Crippen LogP contribution < -0.4 is 10.1 Å². The Morgan fingerprint density at radius 1 is 1.17 bits per heavy atom. The lowest BCUT2D eigenvalue weighted by Gasteiger charge is -2.14. The summed E-state index contributed by atoms with van der Waals surface area (Å²) in [5.41, 5.74) is 1.79. The summed E-state index contributed by atoms with van der Waals surface area (Å²) in [4.78, 5) is 16.5. The number of nitrogens with one attached hydrogen (secondary N) is 1. The molecular weight excluding hydrogens is 390 g/mol. The Kier molecular flexibility index (Phi) is 7.25. The van der Waals surface area contributed by atoms with Crippen molar-refractivity contribution in [2.24, 2.45) is 0 Å². The zero-order valence-electron chi connectivity index (χ0n) is 16.5. The van der Waals surface area contributed by atoms with Crippen LogP contribution in [0, 0.1) is 0 Å². The summed E-state index contributed by atoms with van der Waals surface area (Å²) in [6.07, 6.45) is 1.63. The number of carbonyl (C=O) groups is 1. The maximum absolute atomic E-state index is 12.2. The van der Waals surface area contributed by atoms with Crippen LogP contribution >= 0.6 is 11.6 Å². The molecular formula is C22H24ClN3O3. The molecule has 0 aliphatic heterocycles. The number of aromatic nitrogens is 2. The normalized spacial score (nSPS) is 10.9. The highest BCUT2D eigenvalue weighted by Gasteiger charge is 2.11. The molecule has 0 unspecified atom stereocenters. The van der Waals surface area contributed by atoms with Gasteiger partial charge in [-0.05, 0) is 50.6 Å². The predicted octanol–water partition coefficient (Wildman–Crippen LogP) is 4.82. The van der Waals surface area contributed by atoms with Gasteiger partial charge in [0.05, 0.1) is 6.10 Å². The number of nitrogens with zero attached hydrogens (tertiary/aromatic N) is 2. The van der Waals surface area contributed by atoms with Crippen LogP contribution in [0.5, 0.6) is 5.75 Å². The van der Waals surface area contributed by atoms with Gasteiger partial charge in [-0.2, -0.15) is 4.98 Å². The molecule has 3 rings (SSSR count). The van der Waals surface area contributed by atoms with E-state index in [1.165, 1.54) is 0 Å². The van der Waals surface area contributed by atoms with Crippen LogP contribution in [0.1, 0.15) is 38.1 Å². The number of hydrogen-bond acceptors (Lipinski definition) is 5. The lowest BCUT2D eigenvalue weighted by molar-refractivity contribution is -0.121. The summed E-state index contributed by atoms with van der Waals surface area (Å²) in [6.45, 7) is 4.39. The van der Waals surface area contributed by atoms with Crippen molar-refractivity contribution >= 4 is 17.5 Å². The Hall–Kier alpha value is -2.86. The summed E-state index contributed by atoms with van der Waals surface area (Å²) < 4.78 is 11.0. The first-order chi connectivity index (χ1) is 14.0. The molecule has 0 bridgehead atoms. The molecule has 0 radical (unpaired) electrons. The van der Waals surface area contributed by atoms with E-state index in [1.807, 2.05) is 50.2 Å². The summed E-state index contributed by atoms with van der Waals surface area (Å²) in [5.74, 6) is 1.80. The Bertz CT molecular complexity index is 938. The van der Waals surface area contributed by atoms with Gasteiger partial charge in [0.1, 0.15) is 5.75 Å². The fraction of sp³-hybridized carbons (Fsp3) is 0.318. The van der Waals surface area contributed by atoms with Gasteiger partial charge in [0.2, 0.25) is 17.6 Å². The van der Waals surface area contributed by atoms with Gasteiger partial charge < -0.3 is 14.6 Å². The maximum Gasteiger partial charge on any atom is 0.226 e. The summed E-state index contributed by atoms with van der Waals surface area (Å²) in [5, 5.41) is 7.57. The predicted molar refractivity (Wildman–Crippen MR) is 112 cm³/mol. The molecule has 7 heteroatoms. The van der Waals surface area contributed by atoms with Crippen LogP contribution in [0.25, 0.3) is 11.4 Å². The quantitative estimate of drug-likeness (QED) is 0.544. The maximum atomic E-state index is 12.2. The molecule has 1 N–H and O–H groups in total. The number of hydrogen-bond donors (Lipinski definition) is 1. The van der Waals surface area contributed by atoms with Crippen molar-refractivity contribution < 1.29 is 14.1 Å². The highest BCUT2D eigenvalue weighted by molar-refractivity contribution is 6.30. The average Bonchev–Trinajstić information content (AvgIpc) is 3.16. The van der Waals surface area contributed by atoms with E-state index in [0.717, 1.165) is 16.9 Å². The molecule has 0 aliphatic carbocycles. The molecule has 1 amide bonds. The number of ether oxygens (including phenoxy) is 1. The Balaban J connectivity index is 1.44. The third kappa shape index (κ3) is 6.32.